The Morgan fingerprint density at radius 2 is 2.03 bits per heavy atom. The van der Waals surface area contributed by atoms with Crippen LogP contribution in [0.15, 0.2) is 45.6 Å². The largest absolute Gasteiger partial charge is 0.493 e. The molecule has 0 saturated carbocycles. The van der Waals surface area contributed by atoms with Gasteiger partial charge >= 0.3 is 17.6 Å². The molecule has 9 heteroatoms. The normalized spacial score (nSPS) is 18.0. The molecule has 5 rings (SSSR count). The number of benzene rings is 2. The second-order valence-electron chi connectivity index (χ2n) is 7.86. The van der Waals surface area contributed by atoms with E-state index in [1.807, 2.05) is 19.1 Å². The number of anilines is 2. The van der Waals surface area contributed by atoms with Crippen molar-refractivity contribution in [3.05, 3.63) is 52.5 Å². The van der Waals surface area contributed by atoms with Crippen molar-refractivity contribution < 1.29 is 18.7 Å². The highest BCUT2D eigenvalue weighted by Gasteiger charge is 2.31. The number of piperazine rings is 1. The molecule has 1 fully saturated rings. The molecule has 0 unspecified atom stereocenters. The van der Waals surface area contributed by atoms with Crippen molar-refractivity contribution in [3.8, 4) is 5.75 Å². The molecular weight excluding hydrogens is 400 g/mol. The SMILES string of the molecule is C[C@@H]1CN(c2ccc3c(c2)CCO3)CCN1C(=O)C(=O)Nc1ccc2[nH]c(=O)oc2c1. The Morgan fingerprint density at radius 3 is 2.87 bits per heavy atom. The molecule has 2 aromatic carbocycles. The Kier molecular flexibility index (Phi) is 4.65. The molecule has 2 amide bonds. The van der Waals surface area contributed by atoms with Gasteiger partial charge in [-0.15, -0.1) is 0 Å². The molecule has 2 aliphatic heterocycles. The molecule has 1 atom stereocenters. The van der Waals surface area contributed by atoms with Gasteiger partial charge in [-0.2, -0.15) is 0 Å². The Morgan fingerprint density at radius 1 is 1.16 bits per heavy atom. The molecule has 3 heterocycles. The molecule has 2 aliphatic rings. The number of nitrogens with one attached hydrogen (secondary N) is 2. The molecule has 160 valence electrons. The predicted molar refractivity (Wildman–Crippen MR) is 114 cm³/mol. The van der Waals surface area contributed by atoms with E-state index in [0.29, 0.717) is 36.4 Å². The van der Waals surface area contributed by atoms with Crippen molar-refractivity contribution in [2.45, 2.75) is 19.4 Å². The number of carbonyl (C=O) groups is 2. The summed E-state index contributed by atoms with van der Waals surface area (Å²) in [6, 6.07) is 10.8. The van der Waals surface area contributed by atoms with Gasteiger partial charge in [0, 0.05) is 49.5 Å². The fourth-order valence-electron chi connectivity index (χ4n) is 4.20. The number of aromatic nitrogens is 1. The van der Waals surface area contributed by atoms with E-state index in [4.69, 9.17) is 9.15 Å². The highest BCUT2D eigenvalue weighted by Crippen LogP contribution is 2.30. The summed E-state index contributed by atoms with van der Waals surface area (Å²) in [5, 5.41) is 2.60. The lowest BCUT2D eigenvalue weighted by molar-refractivity contribution is -0.144. The van der Waals surface area contributed by atoms with Crippen LogP contribution in [0, 0.1) is 0 Å². The van der Waals surface area contributed by atoms with E-state index in [9.17, 15) is 14.4 Å². The summed E-state index contributed by atoms with van der Waals surface area (Å²) in [5.41, 5.74) is 3.54. The minimum atomic E-state index is -0.716. The van der Waals surface area contributed by atoms with Crippen LogP contribution in [0.5, 0.6) is 5.75 Å². The molecule has 31 heavy (non-hydrogen) atoms. The summed E-state index contributed by atoms with van der Waals surface area (Å²) in [5.74, 6) is -0.922. The molecule has 2 N–H and O–H groups in total. The Balaban J connectivity index is 1.24. The third-order valence-corrected chi connectivity index (χ3v) is 5.80. The molecule has 0 aliphatic carbocycles. The highest BCUT2D eigenvalue weighted by atomic mass is 16.5. The van der Waals surface area contributed by atoms with Gasteiger partial charge in [0.15, 0.2) is 5.58 Å². The number of hydrogen-bond acceptors (Lipinski definition) is 6. The van der Waals surface area contributed by atoms with E-state index in [1.54, 1.807) is 17.0 Å². The lowest BCUT2D eigenvalue weighted by atomic mass is 10.1. The number of oxazole rings is 1. The van der Waals surface area contributed by atoms with Crippen molar-refractivity contribution in [2.24, 2.45) is 0 Å². The first-order valence-electron chi connectivity index (χ1n) is 10.2. The third-order valence-electron chi connectivity index (χ3n) is 5.80. The van der Waals surface area contributed by atoms with Crippen molar-refractivity contribution in [2.75, 3.05) is 36.5 Å². The minimum absolute atomic E-state index is 0.123. The van der Waals surface area contributed by atoms with Gasteiger partial charge in [0.05, 0.1) is 12.1 Å². The van der Waals surface area contributed by atoms with Crippen LogP contribution in [0.4, 0.5) is 11.4 Å². The van der Waals surface area contributed by atoms with Gasteiger partial charge in [-0.05, 0) is 42.8 Å². The van der Waals surface area contributed by atoms with E-state index < -0.39 is 17.6 Å². The molecule has 0 bridgehead atoms. The molecule has 9 nitrogen and oxygen atoms in total. The first-order chi connectivity index (χ1) is 15.0. The lowest BCUT2D eigenvalue weighted by Crippen LogP contribution is -2.56. The van der Waals surface area contributed by atoms with E-state index in [2.05, 4.69) is 21.3 Å². The number of amides is 2. The first-order valence-corrected chi connectivity index (χ1v) is 10.2. The lowest BCUT2D eigenvalue weighted by Gasteiger charge is -2.40. The van der Waals surface area contributed by atoms with Gasteiger partial charge < -0.3 is 24.3 Å². The number of nitrogens with zero attached hydrogens (tertiary/aromatic N) is 2. The number of aromatic amines is 1. The zero-order valence-electron chi connectivity index (χ0n) is 17.0. The topological polar surface area (TPSA) is 108 Å². The van der Waals surface area contributed by atoms with Gasteiger partial charge in [-0.3, -0.25) is 14.6 Å². The van der Waals surface area contributed by atoms with E-state index in [1.165, 1.54) is 11.6 Å². The molecule has 3 aromatic rings. The summed E-state index contributed by atoms with van der Waals surface area (Å²) in [6.45, 7) is 4.39. The van der Waals surface area contributed by atoms with Gasteiger partial charge in [0.25, 0.3) is 0 Å². The fourth-order valence-corrected chi connectivity index (χ4v) is 4.20. The number of fused-ring (bicyclic) bond motifs is 2. The average molecular weight is 422 g/mol. The predicted octanol–water partition coefficient (Wildman–Crippen LogP) is 1.73. The standard InChI is InChI=1S/C22H22N4O5/c1-13-12-25(16-3-5-18-14(10-16)6-9-30-18)7-8-26(13)21(28)20(27)23-15-2-4-17-19(11-15)31-22(29)24-17/h2-5,10-11,13H,6-9,12H2,1H3,(H,23,27)(H,24,29)/t13-/m1/s1. The highest BCUT2D eigenvalue weighted by molar-refractivity contribution is 6.39. The van der Waals surface area contributed by atoms with E-state index in [-0.39, 0.29) is 6.04 Å². The zero-order valence-corrected chi connectivity index (χ0v) is 17.0. The van der Waals surface area contributed by atoms with Gasteiger partial charge in [0.1, 0.15) is 5.75 Å². The van der Waals surface area contributed by atoms with Crippen LogP contribution in [0.3, 0.4) is 0 Å². The Hall–Kier alpha value is -3.75. The van der Waals surface area contributed by atoms with Crippen LogP contribution in [0.25, 0.3) is 11.1 Å². The number of carbonyl (C=O) groups excluding carboxylic acids is 2. The summed E-state index contributed by atoms with van der Waals surface area (Å²) in [7, 11) is 0. The van der Waals surface area contributed by atoms with Crippen molar-refractivity contribution >= 4 is 34.3 Å². The molecule has 1 saturated heterocycles. The number of hydrogen-bond donors (Lipinski definition) is 2. The minimum Gasteiger partial charge on any atom is -0.493 e. The van der Waals surface area contributed by atoms with Crippen LogP contribution in [0.1, 0.15) is 12.5 Å². The zero-order chi connectivity index (χ0) is 21.5. The van der Waals surface area contributed by atoms with E-state index >= 15 is 0 Å². The average Bonchev–Trinajstić information content (AvgIpc) is 3.37. The van der Waals surface area contributed by atoms with Gasteiger partial charge in [-0.1, -0.05) is 0 Å². The summed E-state index contributed by atoms with van der Waals surface area (Å²) < 4.78 is 10.6. The van der Waals surface area contributed by atoms with Gasteiger partial charge in [0.2, 0.25) is 0 Å². The second kappa shape index (κ2) is 7.50. The summed E-state index contributed by atoms with van der Waals surface area (Å²) >= 11 is 0. The van der Waals surface area contributed by atoms with E-state index in [0.717, 1.165) is 24.5 Å². The quantitative estimate of drug-likeness (QED) is 0.609. The maximum Gasteiger partial charge on any atom is 0.417 e. The Bertz CT molecular complexity index is 1230. The third kappa shape index (κ3) is 3.63. The molecule has 0 spiro atoms. The molecule has 1 aromatic heterocycles. The fraction of sp³-hybridized carbons (Fsp3) is 0.318. The number of ether oxygens (including phenoxy) is 1. The monoisotopic (exact) mass is 422 g/mol. The van der Waals surface area contributed by atoms with Crippen molar-refractivity contribution in [1.29, 1.82) is 0 Å². The second-order valence-corrected chi connectivity index (χ2v) is 7.86. The summed E-state index contributed by atoms with van der Waals surface area (Å²) in [6.07, 6.45) is 0.912. The van der Waals surface area contributed by atoms with Gasteiger partial charge in [-0.25, -0.2) is 4.79 Å². The maximum absolute atomic E-state index is 12.8. The van der Waals surface area contributed by atoms with Crippen LogP contribution in [-0.4, -0.2) is 54.0 Å². The van der Waals surface area contributed by atoms with Crippen LogP contribution < -0.4 is 20.7 Å². The smallest absolute Gasteiger partial charge is 0.417 e. The summed E-state index contributed by atoms with van der Waals surface area (Å²) in [4.78, 5) is 43.0. The van der Waals surface area contributed by atoms with Crippen LogP contribution in [0.2, 0.25) is 0 Å². The Labute approximate surface area is 177 Å². The van der Waals surface area contributed by atoms with Crippen molar-refractivity contribution in [3.63, 3.8) is 0 Å². The maximum atomic E-state index is 12.8. The number of H-pyrrole nitrogens is 1. The van der Waals surface area contributed by atoms with Crippen LogP contribution >= 0.6 is 0 Å². The number of rotatable bonds is 2. The van der Waals surface area contributed by atoms with Crippen LogP contribution in [-0.2, 0) is 16.0 Å². The molecular formula is C22H22N4O5. The molecule has 0 radical (unpaired) electrons. The first kappa shape index (κ1) is 19.2. The van der Waals surface area contributed by atoms with Crippen molar-refractivity contribution in [1.82, 2.24) is 9.88 Å².